The Morgan fingerprint density at radius 2 is 2.18 bits per heavy atom. The van der Waals surface area contributed by atoms with Gasteiger partial charge in [0.25, 0.3) is 5.56 Å². The summed E-state index contributed by atoms with van der Waals surface area (Å²) in [5.74, 6) is 0.507. The van der Waals surface area contributed by atoms with Crippen LogP contribution in [-0.2, 0) is 18.3 Å². The van der Waals surface area contributed by atoms with Crippen LogP contribution in [0.2, 0.25) is 0 Å². The average Bonchev–Trinajstić information content (AvgIpc) is 2.94. The van der Waals surface area contributed by atoms with Crippen molar-refractivity contribution in [2.75, 3.05) is 6.54 Å². The molecule has 22 heavy (non-hydrogen) atoms. The second-order valence-corrected chi connectivity index (χ2v) is 5.32. The van der Waals surface area contributed by atoms with E-state index in [1.54, 1.807) is 20.2 Å². The highest BCUT2D eigenvalue weighted by Crippen LogP contribution is 2.23. The van der Waals surface area contributed by atoms with Crippen molar-refractivity contribution in [2.45, 2.75) is 26.2 Å². The van der Waals surface area contributed by atoms with Crippen molar-refractivity contribution in [2.24, 2.45) is 12.1 Å². The predicted molar refractivity (Wildman–Crippen MR) is 80.9 cm³/mol. The van der Waals surface area contributed by atoms with Gasteiger partial charge in [-0.25, -0.2) is 9.99 Å². The van der Waals surface area contributed by atoms with Gasteiger partial charge in [0.2, 0.25) is 5.91 Å². The number of hydrogen-bond acceptors (Lipinski definition) is 5. The van der Waals surface area contributed by atoms with Crippen molar-refractivity contribution in [3.05, 3.63) is 21.7 Å². The molecule has 8 heteroatoms. The van der Waals surface area contributed by atoms with Crippen LogP contribution in [0.15, 0.2) is 9.90 Å². The highest BCUT2D eigenvalue weighted by atomic mass is 16.3. The summed E-state index contributed by atoms with van der Waals surface area (Å²) in [6.07, 6.45) is 3.33. The number of amides is 1. The Bertz CT molecular complexity index is 833. The molecule has 8 nitrogen and oxygen atoms in total. The van der Waals surface area contributed by atoms with Gasteiger partial charge in [-0.15, -0.1) is 0 Å². The third-order valence-corrected chi connectivity index (χ3v) is 3.83. The fourth-order valence-electron chi connectivity index (χ4n) is 2.51. The van der Waals surface area contributed by atoms with Crippen molar-refractivity contribution in [1.82, 2.24) is 19.5 Å². The normalized spacial score (nSPS) is 15.0. The Morgan fingerprint density at radius 3 is 2.91 bits per heavy atom. The molecule has 1 aliphatic rings. The molecule has 0 fully saturated rings. The van der Waals surface area contributed by atoms with Crippen molar-refractivity contribution in [3.63, 3.8) is 0 Å². The van der Waals surface area contributed by atoms with Crippen molar-refractivity contribution >= 4 is 23.3 Å². The SMILES string of the molecule is Cc1c(O)c2[nH]c(CCN3N=CCCC3=O)nc2n(C)c1=O. The third-order valence-electron chi connectivity index (χ3n) is 3.83. The number of fused-ring (bicyclic) bond motifs is 1. The van der Waals surface area contributed by atoms with E-state index in [0.29, 0.717) is 42.8 Å². The fourth-order valence-corrected chi connectivity index (χ4v) is 2.51. The first kappa shape index (κ1) is 14.3. The van der Waals surface area contributed by atoms with E-state index in [1.807, 2.05) is 0 Å². The molecule has 2 aromatic heterocycles. The fraction of sp³-hybridized carbons (Fsp3) is 0.429. The molecule has 1 amide bonds. The number of aromatic hydroxyl groups is 1. The zero-order chi connectivity index (χ0) is 15.9. The molecule has 1 aliphatic heterocycles. The van der Waals surface area contributed by atoms with Gasteiger partial charge in [-0.1, -0.05) is 0 Å². The topological polar surface area (TPSA) is 104 Å². The Hall–Kier alpha value is -2.64. The first-order valence-electron chi connectivity index (χ1n) is 7.09. The lowest BCUT2D eigenvalue weighted by Gasteiger charge is -2.18. The molecule has 0 atom stereocenters. The van der Waals surface area contributed by atoms with E-state index < -0.39 is 0 Å². The van der Waals surface area contributed by atoms with E-state index in [9.17, 15) is 14.7 Å². The lowest BCUT2D eigenvalue weighted by Crippen LogP contribution is -2.30. The Kier molecular flexibility index (Phi) is 3.44. The lowest BCUT2D eigenvalue weighted by atomic mass is 10.2. The number of nitrogens with one attached hydrogen (secondary N) is 1. The van der Waals surface area contributed by atoms with Gasteiger partial charge in [-0.2, -0.15) is 5.10 Å². The second kappa shape index (κ2) is 5.28. The molecular formula is C14H17N5O3. The summed E-state index contributed by atoms with van der Waals surface area (Å²) < 4.78 is 1.40. The summed E-state index contributed by atoms with van der Waals surface area (Å²) in [7, 11) is 1.61. The van der Waals surface area contributed by atoms with Crippen LogP contribution in [0.1, 0.15) is 24.2 Å². The molecule has 0 spiro atoms. The number of hydrogen-bond donors (Lipinski definition) is 2. The highest BCUT2D eigenvalue weighted by Gasteiger charge is 2.18. The lowest BCUT2D eigenvalue weighted by molar-refractivity contribution is -0.131. The number of hydrazone groups is 1. The number of rotatable bonds is 3. The number of pyridine rings is 1. The minimum absolute atomic E-state index is 0.00953. The standard InChI is InChI=1S/C14H17N5O3/c1-8-12(21)11-13(18(2)14(8)22)17-9(16-11)5-7-19-10(20)4-3-6-15-19/h6,21H,3-5,7H2,1-2H3,(H,16,17). The largest absolute Gasteiger partial charge is 0.505 e. The zero-order valence-corrected chi connectivity index (χ0v) is 12.5. The molecule has 3 rings (SSSR count). The smallest absolute Gasteiger partial charge is 0.258 e. The molecule has 116 valence electrons. The molecular weight excluding hydrogens is 286 g/mol. The number of carbonyl (C=O) groups is 1. The van der Waals surface area contributed by atoms with Crippen LogP contribution in [0.25, 0.3) is 11.2 Å². The summed E-state index contributed by atoms with van der Waals surface area (Å²) in [4.78, 5) is 31.0. The van der Waals surface area contributed by atoms with Crippen LogP contribution >= 0.6 is 0 Å². The van der Waals surface area contributed by atoms with E-state index in [4.69, 9.17) is 0 Å². The number of aromatic nitrogens is 3. The number of H-pyrrole nitrogens is 1. The molecule has 2 N–H and O–H groups in total. The second-order valence-electron chi connectivity index (χ2n) is 5.32. The molecule has 2 aromatic rings. The minimum Gasteiger partial charge on any atom is -0.505 e. The van der Waals surface area contributed by atoms with Crippen molar-refractivity contribution in [1.29, 1.82) is 0 Å². The van der Waals surface area contributed by atoms with Crippen molar-refractivity contribution in [3.8, 4) is 5.75 Å². The summed E-state index contributed by atoms with van der Waals surface area (Å²) in [5, 5.41) is 15.5. The molecule has 3 heterocycles. The van der Waals surface area contributed by atoms with Gasteiger partial charge in [0.15, 0.2) is 11.4 Å². The molecule has 0 aromatic carbocycles. The van der Waals surface area contributed by atoms with Gasteiger partial charge in [0.05, 0.1) is 12.1 Å². The summed E-state index contributed by atoms with van der Waals surface area (Å²) >= 11 is 0. The van der Waals surface area contributed by atoms with E-state index in [2.05, 4.69) is 15.1 Å². The maximum Gasteiger partial charge on any atom is 0.258 e. The molecule has 0 aliphatic carbocycles. The van der Waals surface area contributed by atoms with Gasteiger partial charge >= 0.3 is 0 Å². The van der Waals surface area contributed by atoms with Crippen LogP contribution in [0, 0.1) is 6.92 Å². The van der Waals surface area contributed by atoms with E-state index in [0.717, 1.165) is 0 Å². The zero-order valence-electron chi connectivity index (χ0n) is 12.5. The Morgan fingerprint density at radius 1 is 1.41 bits per heavy atom. The van der Waals surface area contributed by atoms with Crippen LogP contribution in [0.5, 0.6) is 5.75 Å². The monoisotopic (exact) mass is 303 g/mol. The van der Waals surface area contributed by atoms with Gasteiger partial charge in [-0.05, 0) is 13.3 Å². The highest BCUT2D eigenvalue weighted by molar-refractivity contribution is 5.82. The molecule has 0 radical (unpaired) electrons. The molecule has 0 unspecified atom stereocenters. The number of aromatic amines is 1. The minimum atomic E-state index is -0.279. The third kappa shape index (κ3) is 2.26. The maximum absolute atomic E-state index is 11.9. The van der Waals surface area contributed by atoms with Gasteiger partial charge in [-0.3, -0.25) is 14.2 Å². The van der Waals surface area contributed by atoms with E-state index in [-0.39, 0.29) is 22.8 Å². The van der Waals surface area contributed by atoms with Gasteiger partial charge < -0.3 is 10.1 Å². The summed E-state index contributed by atoms with van der Waals surface area (Å²) in [5.41, 5.74) is 0.833. The average molecular weight is 303 g/mol. The quantitative estimate of drug-likeness (QED) is 0.857. The van der Waals surface area contributed by atoms with Gasteiger partial charge in [0.1, 0.15) is 11.3 Å². The number of nitrogens with zero attached hydrogens (tertiary/aromatic N) is 4. The van der Waals surface area contributed by atoms with E-state index in [1.165, 1.54) is 9.58 Å². The number of carbonyl (C=O) groups excluding carboxylic acids is 1. The predicted octanol–water partition coefficient (Wildman–Crippen LogP) is 0.426. The van der Waals surface area contributed by atoms with E-state index >= 15 is 0 Å². The maximum atomic E-state index is 11.9. The molecule has 0 saturated carbocycles. The number of aryl methyl sites for hydroxylation is 1. The number of imidazole rings is 1. The van der Waals surface area contributed by atoms with Crippen LogP contribution in [0.3, 0.4) is 0 Å². The molecule has 0 bridgehead atoms. The Balaban J connectivity index is 1.90. The van der Waals surface area contributed by atoms with Gasteiger partial charge in [0, 0.05) is 26.1 Å². The van der Waals surface area contributed by atoms with Crippen LogP contribution in [0.4, 0.5) is 0 Å². The molecule has 0 saturated heterocycles. The van der Waals surface area contributed by atoms with Crippen LogP contribution < -0.4 is 5.56 Å². The van der Waals surface area contributed by atoms with Crippen molar-refractivity contribution < 1.29 is 9.90 Å². The first-order valence-corrected chi connectivity index (χ1v) is 7.09. The first-order chi connectivity index (χ1) is 10.5. The van der Waals surface area contributed by atoms with Crippen LogP contribution in [-0.4, -0.2) is 43.3 Å². The summed E-state index contributed by atoms with van der Waals surface area (Å²) in [6.45, 7) is 1.97. The Labute approximate surface area is 126 Å². The summed E-state index contributed by atoms with van der Waals surface area (Å²) in [6, 6.07) is 0.